The van der Waals surface area contributed by atoms with Gasteiger partial charge in [0, 0.05) is 42.2 Å². The maximum atomic E-state index is 12.6. The highest BCUT2D eigenvalue weighted by Gasteiger charge is 2.31. The molecule has 1 N–H and O–H groups in total. The quantitative estimate of drug-likeness (QED) is 0.781. The number of rotatable bonds is 4. The average Bonchev–Trinajstić information content (AvgIpc) is 2.41. The van der Waals surface area contributed by atoms with Gasteiger partial charge in [0.2, 0.25) is 0 Å². The van der Waals surface area contributed by atoms with E-state index in [-0.39, 0.29) is 12.5 Å². The molecule has 0 unspecified atom stereocenters. The lowest BCUT2D eigenvalue weighted by Gasteiger charge is -2.36. The Bertz CT molecular complexity index is 431. The minimum absolute atomic E-state index is 0.128. The van der Waals surface area contributed by atoms with Crippen LogP contribution in [0.4, 0.5) is 13.2 Å². The molecule has 0 saturated carbocycles. The molecule has 1 aromatic rings. The van der Waals surface area contributed by atoms with E-state index in [4.69, 9.17) is 0 Å². The van der Waals surface area contributed by atoms with E-state index in [2.05, 4.69) is 32.8 Å². The number of halogens is 4. The molecule has 2 rings (SSSR count). The molecule has 0 radical (unpaired) electrons. The van der Waals surface area contributed by atoms with Crippen molar-refractivity contribution < 1.29 is 13.2 Å². The third kappa shape index (κ3) is 4.60. The van der Waals surface area contributed by atoms with Gasteiger partial charge in [-0.25, -0.2) is 0 Å². The molecule has 1 atom stereocenters. The van der Waals surface area contributed by atoms with Gasteiger partial charge in [-0.05, 0) is 40.6 Å². The summed E-state index contributed by atoms with van der Waals surface area (Å²) >= 11 is 2.21. The van der Waals surface area contributed by atoms with Crippen LogP contribution in [0.15, 0.2) is 24.3 Å². The number of nitrogens with zero attached hydrogens (tertiary/aromatic N) is 1. The summed E-state index contributed by atoms with van der Waals surface area (Å²) < 4.78 is 38.7. The third-order valence-corrected chi connectivity index (χ3v) is 4.54. The molecule has 0 aliphatic carbocycles. The van der Waals surface area contributed by atoms with Crippen LogP contribution in [0.5, 0.6) is 0 Å². The monoisotopic (exact) mass is 398 g/mol. The zero-order valence-corrected chi connectivity index (χ0v) is 13.2. The molecule has 112 valence electrons. The molecule has 0 bridgehead atoms. The average molecular weight is 398 g/mol. The Balaban J connectivity index is 2.17. The Labute approximate surface area is 130 Å². The largest absolute Gasteiger partial charge is 0.389 e. The zero-order chi connectivity index (χ0) is 14.6. The van der Waals surface area contributed by atoms with Gasteiger partial charge >= 0.3 is 6.18 Å². The zero-order valence-electron chi connectivity index (χ0n) is 11.1. The van der Waals surface area contributed by atoms with Crippen molar-refractivity contribution in [1.29, 1.82) is 0 Å². The predicted molar refractivity (Wildman–Crippen MR) is 81.6 cm³/mol. The normalized spacial score (nSPS) is 19.0. The molecule has 1 aromatic carbocycles. The number of nitrogens with one attached hydrogen (secondary N) is 1. The fourth-order valence-electron chi connectivity index (χ4n) is 2.57. The van der Waals surface area contributed by atoms with Gasteiger partial charge in [-0.1, -0.05) is 18.2 Å². The standard InChI is InChI=1S/C14H18F3IN2/c15-14(16,17)6-5-13(20-9-7-19-8-10-20)11-3-1-2-4-12(11)18/h1-4,13,19H,5-10H2/t13-/m1/s1. The van der Waals surface area contributed by atoms with E-state index in [9.17, 15) is 13.2 Å². The Kier molecular flexibility index (Phi) is 5.68. The molecule has 6 heteroatoms. The van der Waals surface area contributed by atoms with E-state index in [0.717, 1.165) is 35.3 Å². The lowest BCUT2D eigenvalue weighted by molar-refractivity contribution is -0.138. The summed E-state index contributed by atoms with van der Waals surface area (Å²) in [7, 11) is 0. The molecule has 20 heavy (non-hydrogen) atoms. The van der Waals surface area contributed by atoms with Gasteiger partial charge in [-0.15, -0.1) is 0 Å². The van der Waals surface area contributed by atoms with E-state index in [1.807, 2.05) is 24.3 Å². The van der Waals surface area contributed by atoms with Crippen molar-refractivity contribution in [2.75, 3.05) is 26.2 Å². The summed E-state index contributed by atoms with van der Waals surface area (Å²) in [6.45, 7) is 3.28. The summed E-state index contributed by atoms with van der Waals surface area (Å²) in [5.74, 6) is 0. The van der Waals surface area contributed by atoms with Crippen molar-refractivity contribution in [3.63, 3.8) is 0 Å². The fraction of sp³-hybridized carbons (Fsp3) is 0.571. The van der Waals surface area contributed by atoms with Crippen LogP contribution in [-0.2, 0) is 0 Å². The Morgan fingerprint density at radius 2 is 1.85 bits per heavy atom. The number of piperazine rings is 1. The summed E-state index contributed by atoms with van der Waals surface area (Å²) in [5.41, 5.74) is 1.01. The van der Waals surface area contributed by atoms with Gasteiger partial charge in [-0.3, -0.25) is 4.90 Å². The molecule has 0 spiro atoms. The first-order valence-electron chi connectivity index (χ1n) is 6.73. The molecule has 0 amide bonds. The smallest absolute Gasteiger partial charge is 0.314 e. The van der Waals surface area contributed by atoms with E-state index in [0.29, 0.717) is 0 Å². The molecule has 1 aliphatic rings. The van der Waals surface area contributed by atoms with Gasteiger partial charge in [0.1, 0.15) is 0 Å². The number of alkyl halides is 3. The highest BCUT2D eigenvalue weighted by molar-refractivity contribution is 14.1. The second-order valence-corrected chi connectivity index (χ2v) is 6.14. The first-order chi connectivity index (χ1) is 9.47. The molecular formula is C14H18F3IN2. The van der Waals surface area contributed by atoms with Crippen LogP contribution in [-0.4, -0.2) is 37.3 Å². The number of benzene rings is 1. The third-order valence-electron chi connectivity index (χ3n) is 3.56. The minimum atomic E-state index is -4.09. The first kappa shape index (κ1) is 16.0. The van der Waals surface area contributed by atoms with Gasteiger partial charge in [0.25, 0.3) is 0 Å². The van der Waals surface area contributed by atoms with Gasteiger partial charge in [-0.2, -0.15) is 13.2 Å². The van der Waals surface area contributed by atoms with Gasteiger partial charge in [0.05, 0.1) is 0 Å². The molecule has 1 heterocycles. The topological polar surface area (TPSA) is 15.3 Å². The second kappa shape index (κ2) is 7.09. The van der Waals surface area contributed by atoms with Crippen LogP contribution in [0, 0.1) is 3.57 Å². The van der Waals surface area contributed by atoms with E-state index >= 15 is 0 Å². The summed E-state index contributed by atoms with van der Waals surface area (Å²) in [6.07, 6.45) is -4.69. The minimum Gasteiger partial charge on any atom is -0.314 e. The van der Waals surface area contributed by atoms with Crippen molar-refractivity contribution in [2.45, 2.75) is 25.1 Å². The van der Waals surface area contributed by atoms with Crippen molar-refractivity contribution in [3.8, 4) is 0 Å². The van der Waals surface area contributed by atoms with Crippen LogP contribution >= 0.6 is 22.6 Å². The lowest BCUT2D eigenvalue weighted by atomic mass is 9.99. The highest BCUT2D eigenvalue weighted by Crippen LogP contribution is 2.33. The maximum Gasteiger partial charge on any atom is 0.389 e. The maximum absolute atomic E-state index is 12.6. The predicted octanol–water partition coefficient (Wildman–Crippen LogP) is 3.58. The molecule has 1 saturated heterocycles. The van der Waals surface area contributed by atoms with Crippen LogP contribution in [0.25, 0.3) is 0 Å². The number of hydrogen-bond acceptors (Lipinski definition) is 2. The van der Waals surface area contributed by atoms with E-state index in [1.54, 1.807) is 0 Å². The molecule has 2 nitrogen and oxygen atoms in total. The Hall–Kier alpha value is -0.340. The summed E-state index contributed by atoms with van der Waals surface area (Å²) in [5, 5.41) is 3.24. The first-order valence-corrected chi connectivity index (χ1v) is 7.81. The van der Waals surface area contributed by atoms with Crippen LogP contribution in [0.2, 0.25) is 0 Å². The second-order valence-electron chi connectivity index (χ2n) is 4.98. The SMILES string of the molecule is FC(F)(F)CC[C@H](c1ccccc1I)N1CCNCC1. The molecule has 0 aromatic heterocycles. The van der Waals surface area contributed by atoms with E-state index < -0.39 is 12.6 Å². The fourth-order valence-corrected chi connectivity index (χ4v) is 3.32. The molecule has 1 aliphatic heterocycles. The van der Waals surface area contributed by atoms with E-state index in [1.165, 1.54) is 0 Å². The molecular weight excluding hydrogens is 380 g/mol. The van der Waals surface area contributed by atoms with Crippen LogP contribution in [0.3, 0.4) is 0 Å². The van der Waals surface area contributed by atoms with Crippen molar-refractivity contribution in [3.05, 3.63) is 33.4 Å². The van der Waals surface area contributed by atoms with Crippen molar-refractivity contribution >= 4 is 22.6 Å². The summed E-state index contributed by atoms with van der Waals surface area (Å²) in [6, 6.07) is 7.58. The Morgan fingerprint density at radius 1 is 1.20 bits per heavy atom. The lowest BCUT2D eigenvalue weighted by Crippen LogP contribution is -2.45. The van der Waals surface area contributed by atoms with Gasteiger partial charge in [0.15, 0.2) is 0 Å². The molecule has 1 fully saturated rings. The van der Waals surface area contributed by atoms with Crippen LogP contribution in [0.1, 0.15) is 24.4 Å². The van der Waals surface area contributed by atoms with Crippen molar-refractivity contribution in [1.82, 2.24) is 10.2 Å². The summed E-state index contributed by atoms with van der Waals surface area (Å²) in [4.78, 5) is 2.17. The number of hydrogen-bond donors (Lipinski definition) is 1. The Morgan fingerprint density at radius 3 is 2.45 bits per heavy atom. The van der Waals surface area contributed by atoms with Gasteiger partial charge < -0.3 is 5.32 Å². The van der Waals surface area contributed by atoms with Crippen LogP contribution < -0.4 is 5.32 Å². The van der Waals surface area contributed by atoms with Crippen molar-refractivity contribution in [2.24, 2.45) is 0 Å². The highest BCUT2D eigenvalue weighted by atomic mass is 127.